The van der Waals surface area contributed by atoms with Gasteiger partial charge >= 0.3 is 5.97 Å². The highest BCUT2D eigenvalue weighted by Gasteiger charge is 2.19. The van der Waals surface area contributed by atoms with Gasteiger partial charge in [0.15, 0.2) is 0 Å². The summed E-state index contributed by atoms with van der Waals surface area (Å²) in [6.07, 6.45) is 6.88. The van der Waals surface area contributed by atoms with Crippen molar-refractivity contribution in [2.45, 2.75) is 38.5 Å². The van der Waals surface area contributed by atoms with Gasteiger partial charge in [-0.05, 0) is 60.1 Å². The standard InChI is InChI=1S/C22H24O2/c1-3-17-6-10-20(11-7-17)22(23)24-21-14-12-19(13-15-21)18-8-4-16(2)5-9-18/h3,6-7,10-16,18H,1,4-5,8-9H2,2H3. The molecule has 3 rings (SSSR count). The first-order chi connectivity index (χ1) is 11.7. The Kier molecular flexibility index (Phi) is 5.14. The van der Waals surface area contributed by atoms with Crippen molar-refractivity contribution in [2.24, 2.45) is 5.92 Å². The van der Waals surface area contributed by atoms with Crippen molar-refractivity contribution >= 4 is 12.0 Å². The topological polar surface area (TPSA) is 26.3 Å². The Morgan fingerprint density at radius 1 is 1.00 bits per heavy atom. The minimum Gasteiger partial charge on any atom is -0.423 e. The lowest BCUT2D eigenvalue weighted by atomic mass is 9.79. The number of ether oxygens (including phenoxy) is 1. The Hall–Kier alpha value is -2.35. The van der Waals surface area contributed by atoms with Crippen molar-refractivity contribution in [3.05, 3.63) is 71.8 Å². The Morgan fingerprint density at radius 3 is 2.21 bits per heavy atom. The first-order valence-corrected chi connectivity index (χ1v) is 8.70. The summed E-state index contributed by atoms with van der Waals surface area (Å²) < 4.78 is 5.47. The minimum absolute atomic E-state index is 0.329. The molecule has 0 aromatic heterocycles. The Morgan fingerprint density at radius 2 is 1.62 bits per heavy atom. The zero-order valence-corrected chi connectivity index (χ0v) is 14.2. The molecule has 0 saturated heterocycles. The van der Waals surface area contributed by atoms with Gasteiger partial charge in [0.25, 0.3) is 0 Å². The predicted octanol–water partition coefficient (Wildman–Crippen LogP) is 5.84. The van der Waals surface area contributed by atoms with Gasteiger partial charge in [0.2, 0.25) is 0 Å². The number of benzene rings is 2. The van der Waals surface area contributed by atoms with Crippen LogP contribution in [0.4, 0.5) is 0 Å². The molecule has 0 aliphatic heterocycles. The van der Waals surface area contributed by atoms with Crippen molar-refractivity contribution < 1.29 is 9.53 Å². The van der Waals surface area contributed by atoms with E-state index < -0.39 is 0 Å². The van der Waals surface area contributed by atoms with Gasteiger partial charge in [0.1, 0.15) is 5.75 Å². The van der Waals surface area contributed by atoms with Crippen molar-refractivity contribution in [2.75, 3.05) is 0 Å². The largest absolute Gasteiger partial charge is 0.423 e. The van der Waals surface area contributed by atoms with Gasteiger partial charge in [-0.15, -0.1) is 0 Å². The Balaban J connectivity index is 1.63. The molecule has 1 aliphatic rings. The van der Waals surface area contributed by atoms with Crippen LogP contribution in [0.15, 0.2) is 55.1 Å². The second kappa shape index (κ2) is 7.48. The first-order valence-electron chi connectivity index (χ1n) is 8.70. The molecule has 24 heavy (non-hydrogen) atoms. The third kappa shape index (κ3) is 3.94. The third-order valence-corrected chi connectivity index (χ3v) is 4.96. The number of rotatable bonds is 4. The number of carbonyl (C=O) groups excluding carboxylic acids is 1. The minimum atomic E-state index is -0.329. The van der Waals surface area contributed by atoms with Crippen LogP contribution in [0.1, 0.15) is 60.0 Å². The van der Waals surface area contributed by atoms with Crippen LogP contribution in [0.5, 0.6) is 5.75 Å². The summed E-state index contributed by atoms with van der Waals surface area (Å²) in [5.41, 5.74) is 2.89. The monoisotopic (exact) mass is 320 g/mol. The van der Waals surface area contributed by atoms with Gasteiger partial charge in [-0.1, -0.05) is 56.7 Å². The van der Waals surface area contributed by atoms with Gasteiger partial charge in [-0.3, -0.25) is 0 Å². The van der Waals surface area contributed by atoms with E-state index in [1.807, 2.05) is 24.3 Å². The SMILES string of the molecule is C=Cc1ccc(C(=O)Oc2ccc(C3CCC(C)CC3)cc2)cc1. The number of hydrogen-bond donors (Lipinski definition) is 0. The van der Waals surface area contributed by atoms with Gasteiger partial charge < -0.3 is 4.74 Å². The summed E-state index contributed by atoms with van der Waals surface area (Å²) in [7, 11) is 0. The zero-order valence-electron chi connectivity index (χ0n) is 14.2. The molecule has 1 saturated carbocycles. The van der Waals surface area contributed by atoms with E-state index in [-0.39, 0.29) is 5.97 Å². The Bertz CT molecular complexity index is 690. The van der Waals surface area contributed by atoms with Gasteiger partial charge in [0.05, 0.1) is 5.56 Å². The van der Waals surface area contributed by atoms with E-state index in [1.54, 1.807) is 18.2 Å². The van der Waals surface area contributed by atoms with Gasteiger partial charge in [-0.2, -0.15) is 0 Å². The van der Waals surface area contributed by atoms with Crippen LogP contribution < -0.4 is 4.74 Å². The highest BCUT2D eigenvalue weighted by atomic mass is 16.5. The highest BCUT2D eigenvalue weighted by Crippen LogP contribution is 2.35. The number of esters is 1. The molecule has 124 valence electrons. The quantitative estimate of drug-likeness (QED) is 0.522. The van der Waals surface area contributed by atoms with Crippen LogP contribution in [0.25, 0.3) is 6.08 Å². The maximum absolute atomic E-state index is 12.2. The molecule has 1 fully saturated rings. The Labute approximate surface area is 144 Å². The van der Waals surface area contributed by atoms with Gasteiger partial charge in [-0.25, -0.2) is 4.79 Å². The molecule has 0 bridgehead atoms. The molecular weight excluding hydrogens is 296 g/mol. The molecule has 0 unspecified atom stereocenters. The fourth-order valence-electron chi connectivity index (χ4n) is 3.32. The number of hydrogen-bond acceptors (Lipinski definition) is 2. The molecule has 2 heteroatoms. The molecule has 0 heterocycles. The first kappa shape index (κ1) is 16.5. The van der Waals surface area contributed by atoms with Crippen LogP contribution in [-0.4, -0.2) is 5.97 Å². The summed E-state index contributed by atoms with van der Waals surface area (Å²) in [6, 6.07) is 15.3. The lowest BCUT2D eigenvalue weighted by Gasteiger charge is -2.26. The van der Waals surface area contributed by atoms with Crippen LogP contribution in [0.3, 0.4) is 0 Å². The second-order valence-electron chi connectivity index (χ2n) is 6.74. The molecule has 1 aliphatic carbocycles. The predicted molar refractivity (Wildman–Crippen MR) is 98.3 cm³/mol. The van der Waals surface area contributed by atoms with E-state index >= 15 is 0 Å². The maximum Gasteiger partial charge on any atom is 0.343 e. The molecule has 0 atom stereocenters. The fourth-order valence-corrected chi connectivity index (χ4v) is 3.32. The zero-order chi connectivity index (χ0) is 16.9. The average molecular weight is 320 g/mol. The summed E-state index contributed by atoms with van der Waals surface area (Å²) in [5.74, 6) is 1.77. The lowest BCUT2D eigenvalue weighted by Crippen LogP contribution is -2.11. The van der Waals surface area contributed by atoms with E-state index in [0.717, 1.165) is 11.5 Å². The van der Waals surface area contributed by atoms with Gasteiger partial charge in [0, 0.05) is 0 Å². The molecular formula is C22H24O2. The smallest absolute Gasteiger partial charge is 0.343 e. The normalized spacial score (nSPS) is 20.4. The number of carbonyl (C=O) groups is 1. The fraction of sp³-hybridized carbons (Fsp3) is 0.318. The summed E-state index contributed by atoms with van der Waals surface area (Å²) in [6.45, 7) is 6.04. The van der Waals surface area contributed by atoms with E-state index in [9.17, 15) is 4.79 Å². The third-order valence-electron chi connectivity index (χ3n) is 4.96. The van der Waals surface area contributed by atoms with E-state index in [1.165, 1.54) is 31.2 Å². The van der Waals surface area contributed by atoms with Crippen molar-refractivity contribution in [3.63, 3.8) is 0 Å². The van der Waals surface area contributed by atoms with E-state index in [0.29, 0.717) is 17.2 Å². The summed E-state index contributed by atoms with van der Waals surface area (Å²) >= 11 is 0. The van der Waals surface area contributed by atoms with E-state index in [2.05, 4.69) is 25.6 Å². The lowest BCUT2D eigenvalue weighted by molar-refractivity contribution is 0.0734. The molecule has 2 aromatic rings. The second-order valence-corrected chi connectivity index (χ2v) is 6.74. The average Bonchev–Trinajstić information content (AvgIpc) is 2.63. The molecule has 0 radical (unpaired) electrons. The maximum atomic E-state index is 12.2. The van der Waals surface area contributed by atoms with Crippen LogP contribution in [-0.2, 0) is 0 Å². The molecule has 2 aromatic carbocycles. The van der Waals surface area contributed by atoms with E-state index in [4.69, 9.17) is 4.74 Å². The van der Waals surface area contributed by atoms with Crippen LogP contribution in [0, 0.1) is 5.92 Å². The highest BCUT2D eigenvalue weighted by molar-refractivity contribution is 5.91. The summed E-state index contributed by atoms with van der Waals surface area (Å²) in [5, 5.41) is 0. The molecule has 0 N–H and O–H groups in total. The molecule has 0 spiro atoms. The molecule has 2 nitrogen and oxygen atoms in total. The van der Waals surface area contributed by atoms with Crippen molar-refractivity contribution in [1.29, 1.82) is 0 Å². The van der Waals surface area contributed by atoms with Crippen molar-refractivity contribution in [3.8, 4) is 5.75 Å². The van der Waals surface area contributed by atoms with Crippen molar-refractivity contribution in [1.82, 2.24) is 0 Å². The summed E-state index contributed by atoms with van der Waals surface area (Å²) in [4.78, 5) is 12.2. The van der Waals surface area contributed by atoms with Crippen LogP contribution >= 0.6 is 0 Å². The van der Waals surface area contributed by atoms with Crippen LogP contribution in [0.2, 0.25) is 0 Å². The molecule has 0 amide bonds.